The van der Waals surface area contributed by atoms with Gasteiger partial charge < -0.3 is 10.2 Å². The predicted octanol–water partition coefficient (Wildman–Crippen LogP) is 2.62. The second kappa shape index (κ2) is 5.27. The van der Waals surface area contributed by atoms with Crippen molar-refractivity contribution in [2.45, 2.75) is 19.4 Å². The molecule has 5 heteroatoms. The Kier molecular flexibility index (Phi) is 4.26. The van der Waals surface area contributed by atoms with Gasteiger partial charge in [0.1, 0.15) is 5.82 Å². The highest BCUT2D eigenvalue weighted by atomic mass is 35.5. The van der Waals surface area contributed by atoms with Crippen LogP contribution in [0.3, 0.4) is 0 Å². The molecule has 0 aromatic heterocycles. The molecular formula is C11H12ClFO3. The summed E-state index contributed by atoms with van der Waals surface area (Å²) in [5, 5.41) is 18.5. The van der Waals surface area contributed by atoms with Crippen LogP contribution in [0.2, 0.25) is 5.02 Å². The van der Waals surface area contributed by atoms with Gasteiger partial charge in [-0.05, 0) is 24.1 Å². The summed E-state index contributed by atoms with van der Waals surface area (Å²) in [6.07, 6.45) is -0.958. The molecule has 1 aromatic carbocycles. The zero-order valence-corrected chi connectivity index (χ0v) is 9.41. The van der Waals surface area contributed by atoms with E-state index in [-0.39, 0.29) is 11.4 Å². The van der Waals surface area contributed by atoms with E-state index in [9.17, 15) is 14.3 Å². The number of hydrogen-bond acceptors (Lipinski definition) is 2. The van der Waals surface area contributed by atoms with Gasteiger partial charge in [-0.2, -0.15) is 0 Å². The van der Waals surface area contributed by atoms with E-state index in [1.54, 1.807) is 0 Å². The Bertz CT molecular complexity index is 395. The van der Waals surface area contributed by atoms with Gasteiger partial charge in [-0.1, -0.05) is 24.6 Å². The van der Waals surface area contributed by atoms with Crippen LogP contribution < -0.4 is 0 Å². The highest BCUT2D eigenvalue weighted by Gasteiger charge is 2.19. The largest absolute Gasteiger partial charge is 0.481 e. The summed E-state index contributed by atoms with van der Waals surface area (Å²) in [7, 11) is 0. The quantitative estimate of drug-likeness (QED) is 0.859. The Morgan fingerprint density at radius 2 is 2.19 bits per heavy atom. The summed E-state index contributed by atoms with van der Waals surface area (Å²) in [6.45, 7) is 1.49. The number of benzene rings is 1. The van der Waals surface area contributed by atoms with Gasteiger partial charge in [0, 0.05) is 5.02 Å². The molecule has 3 nitrogen and oxygen atoms in total. The van der Waals surface area contributed by atoms with Crippen molar-refractivity contribution < 1.29 is 19.4 Å². The summed E-state index contributed by atoms with van der Waals surface area (Å²) in [6, 6.07) is 3.62. The number of aliphatic carboxylic acids is 1. The molecule has 1 rings (SSSR count). The van der Waals surface area contributed by atoms with E-state index >= 15 is 0 Å². The lowest BCUT2D eigenvalue weighted by Crippen LogP contribution is -2.13. The van der Waals surface area contributed by atoms with Crippen molar-refractivity contribution in [2.75, 3.05) is 0 Å². The van der Waals surface area contributed by atoms with Gasteiger partial charge in [0.2, 0.25) is 0 Å². The molecule has 0 bridgehead atoms. The Morgan fingerprint density at radius 3 is 2.69 bits per heavy atom. The van der Waals surface area contributed by atoms with Crippen LogP contribution in [0.15, 0.2) is 18.2 Å². The molecule has 0 saturated heterocycles. The molecule has 0 aliphatic rings. The highest BCUT2D eigenvalue weighted by molar-refractivity contribution is 6.31. The molecule has 0 radical (unpaired) electrons. The number of carboxylic acids is 1. The van der Waals surface area contributed by atoms with Crippen molar-refractivity contribution in [1.29, 1.82) is 0 Å². The smallest absolute Gasteiger partial charge is 0.306 e. The van der Waals surface area contributed by atoms with Crippen molar-refractivity contribution in [2.24, 2.45) is 5.92 Å². The standard InChI is InChI=1S/C11H12ClFO3/c1-6(11(15)16)4-10(14)8-3-2-7(13)5-9(8)12/h2-3,5-6,10,14H,4H2,1H3,(H,15,16). The maximum absolute atomic E-state index is 12.7. The number of carboxylic acid groups (broad SMARTS) is 1. The third-order valence-corrected chi connectivity index (χ3v) is 2.65. The van der Waals surface area contributed by atoms with E-state index in [4.69, 9.17) is 16.7 Å². The lowest BCUT2D eigenvalue weighted by Gasteiger charge is -2.14. The van der Waals surface area contributed by atoms with E-state index in [0.717, 1.165) is 6.07 Å². The molecule has 2 atom stereocenters. The zero-order valence-electron chi connectivity index (χ0n) is 8.65. The number of carbonyl (C=O) groups is 1. The van der Waals surface area contributed by atoms with Gasteiger partial charge in [-0.25, -0.2) is 4.39 Å². The molecule has 0 fully saturated rings. The molecule has 0 amide bonds. The topological polar surface area (TPSA) is 57.5 Å². The Balaban J connectivity index is 2.80. The molecule has 0 aliphatic heterocycles. The first-order valence-corrected chi connectivity index (χ1v) is 5.15. The van der Waals surface area contributed by atoms with Crippen molar-refractivity contribution in [3.8, 4) is 0 Å². The number of aliphatic hydroxyl groups excluding tert-OH is 1. The average molecular weight is 247 g/mol. The number of aliphatic hydroxyl groups is 1. The third-order valence-electron chi connectivity index (χ3n) is 2.32. The minimum Gasteiger partial charge on any atom is -0.481 e. The number of halogens is 2. The molecule has 16 heavy (non-hydrogen) atoms. The first kappa shape index (κ1) is 12.9. The van der Waals surface area contributed by atoms with Crippen molar-refractivity contribution in [3.05, 3.63) is 34.6 Å². The van der Waals surface area contributed by atoms with Crippen LogP contribution in [0.1, 0.15) is 25.0 Å². The molecule has 2 unspecified atom stereocenters. The summed E-state index contributed by atoms with van der Waals surface area (Å²) in [5.41, 5.74) is 0.344. The normalized spacial score (nSPS) is 14.5. The van der Waals surface area contributed by atoms with Crippen molar-refractivity contribution in [3.63, 3.8) is 0 Å². The molecule has 88 valence electrons. The van der Waals surface area contributed by atoms with E-state index < -0.39 is 23.8 Å². The van der Waals surface area contributed by atoms with E-state index in [2.05, 4.69) is 0 Å². The predicted molar refractivity (Wildman–Crippen MR) is 57.8 cm³/mol. The lowest BCUT2D eigenvalue weighted by molar-refractivity contribution is -0.142. The molecular weight excluding hydrogens is 235 g/mol. The lowest BCUT2D eigenvalue weighted by atomic mass is 9.98. The Hall–Kier alpha value is -1.13. The Labute approximate surface area is 97.5 Å². The zero-order chi connectivity index (χ0) is 12.3. The van der Waals surface area contributed by atoms with Gasteiger partial charge in [0.05, 0.1) is 12.0 Å². The maximum atomic E-state index is 12.7. The van der Waals surface area contributed by atoms with Gasteiger partial charge in [0.15, 0.2) is 0 Å². The van der Waals surface area contributed by atoms with Crippen LogP contribution in [0, 0.1) is 11.7 Å². The third kappa shape index (κ3) is 3.18. The van der Waals surface area contributed by atoms with Crippen molar-refractivity contribution in [1.82, 2.24) is 0 Å². The summed E-state index contributed by atoms with van der Waals surface area (Å²) in [5.74, 6) is -2.17. The number of rotatable bonds is 4. The van der Waals surface area contributed by atoms with Gasteiger partial charge >= 0.3 is 5.97 Å². The maximum Gasteiger partial charge on any atom is 0.306 e. The fourth-order valence-corrected chi connectivity index (χ4v) is 1.63. The van der Waals surface area contributed by atoms with Crippen LogP contribution in [0.5, 0.6) is 0 Å². The van der Waals surface area contributed by atoms with Crippen LogP contribution in [0.4, 0.5) is 4.39 Å². The van der Waals surface area contributed by atoms with Gasteiger partial charge in [0.25, 0.3) is 0 Å². The second-order valence-electron chi connectivity index (χ2n) is 3.66. The fraction of sp³-hybridized carbons (Fsp3) is 0.364. The van der Waals surface area contributed by atoms with E-state index in [1.807, 2.05) is 0 Å². The van der Waals surface area contributed by atoms with Crippen molar-refractivity contribution >= 4 is 17.6 Å². The molecule has 1 aromatic rings. The molecule has 0 heterocycles. The van der Waals surface area contributed by atoms with E-state index in [0.29, 0.717) is 5.56 Å². The highest BCUT2D eigenvalue weighted by Crippen LogP contribution is 2.28. The van der Waals surface area contributed by atoms with Crippen LogP contribution in [-0.2, 0) is 4.79 Å². The Morgan fingerprint density at radius 1 is 1.56 bits per heavy atom. The number of hydrogen-bond donors (Lipinski definition) is 2. The first-order valence-electron chi connectivity index (χ1n) is 4.77. The average Bonchev–Trinajstić information content (AvgIpc) is 2.16. The minimum atomic E-state index is -1.00. The van der Waals surface area contributed by atoms with Crippen LogP contribution >= 0.6 is 11.6 Å². The molecule has 0 spiro atoms. The molecule has 0 aliphatic carbocycles. The summed E-state index contributed by atoms with van der Waals surface area (Å²) in [4.78, 5) is 10.6. The summed E-state index contributed by atoms with van der Waals surface area (Å²) >= 11 is 5.74. The van der Waals surface area contributed by atoms with E-state index in [1.165, 1.54) is 19.1 Å². The van der Waals surface area contributed by atoms with Crippen LogP contribution in [0.25, 0.3) is 0 Å². The van der Waals surface area contributed by atoms with Crippen LogP contribution in [-0.4, -0.2) is 16.2 Å². The van der Waals surface area contributed by atoms with Gasteiger partial charge in [-0.3, -0.25) is 4.79 Å². The molecule has 2 N–H and O–H groups in total. The summed E-state index contributed by atoms with van der Waals surface area (Å²) < 4.78 is 12.7. The molecule has 0 saturated carbocycles. The monoisotopic (exact) mass is 246 g/mol. The van der Waals surface area contributed by atoms with Gasteiger partial charge in [-0.15, -0.1) is 0 Å². The first-order chi connectivity index (χ1) is 7.41. The second-order valence-corrected chi connectivity index (χ2v) is 4.06. The SMILES string of the molecule is CC(CC(O)c1ccc(F)cc1Cl)C(=O)O. The minimum absolute atomic E-state index is 0.0423. The fourth-order valence-electron chi connectivity index (χ4n) is 1.33.